The number of terminal acetylenes is 1. The molecule has 74 valence electrons. The van der Waals surface area contributed by atoms with Gasteiger partial charge in [0.25, 0.3) is 0 Å². The van der Waals surface area contributed by atoms with E-state index >= 15 is 0 Å². The van der Waals surface area contributed by atoms with Crippen LogP contribution in [0.25, 0.3) is 0 Å². The van der Waals surface area contributed by atoms with Crippen molar-refractivity contribution in [3.05, 3.63) is 0 Å². The van der Waals surface area contributed by atoms with Gasteiger partial charge in [0.1, 0.15) is 6.61 Å². The molecule has 0 aromatic heterocycles. The van der Waals surface area contributed by atoms with Crippen LogP contribution in [0.5, 0.6) is 0 Å². The summed E-state index contributed by atoms with van der Waals surface area (Å²) in [6.45, 7) is 1.94. The molecule has 0 radical (unpaired) electrons. The van der Waals surface area contributed by atoms with E-state index in [-0.39, 0.29) is 11.7 Å². The van der Waals surface area contributed by atoms with Gasteiger partial charge in [0.2, 0.25) is 0 Å². The van der Waals surface area contributed by atoms with Crippen molar-refractivity contribution in [3.63, 3.8) is 0 Å². The average Bonchev–Trinajstić information content (AvgIpc) is 2.52. The fourth-order valence-electron chi connectivity index (χ4n) is 1.04. The van der Waals surface area contributed by atoms with Crippen LogP contribution in [0.4, 0.5) is 0 Å². The van der Waals surface area contributed by atoms with Crippen molar-refractivity contribution in [2.75, 3.05) is 26.4 Å². The van der Waals surface area contributed by atoms with Crippen molar-refractivity contribution in [2.45, 2.75) is 18.1 Å². The number of alkyl halides is 1. The third-order valence-electron chi connectivity index (χ3n) is 1.67. The van der Waals surface area contributed by atoms with Gasteiger partial charge in [0, 0.05) is 0 Å². The topological polar surface area (TPSA) is 27.7 Å². The molecule has 13 heavy (non-hydrogen) atoms. The van der Waals surface area contributed by atoms with E-state index in [4.69, 9.17) is 32.2 Å². The quantitative estimate of drug-likeness (QED) is 0.380. The van der Waals surface area contributed by atoms with Crippen LogP contribution < -0.4 is 0 Å². The van der Waals surface area contributed by atoms with Crippen LogP contribution in [0, 0.1) is 12.3 Å². The molecule has 2 atom stereocenters. The lowest BCUT2D eigenvalue weighted by Gasteiger charge is -2.13. The van der Waals surface area contributed by atoms with Gasteiger partial charge in [0.15, 0.2) is 6.29 Å². The van der Waals surface area contributed by atoms with Crippen LogP contribution in [0.15, 0.2) is 0 Å². The molecule has 3 nitrogen and oxygen atoms in total. The minimum atomic E-state index is -0.281. The summed E-state index contributed by atoms with van der Waals surface area (Å²) in [6, 6.07) is 0. The highest BCUT2D eigenvalue weighted by Gasteiger charge is 2.26. The van der Waals surface area contributed by atoms with Crippen LogP contribution >= 0.6 is 11.6 Å². The Morgan fingerprint density at radius 2 is 2.38 bits per heavy atom. The number of halogens is 1. The highest BCUT2D eigenvalue weighted by atomic mass is 35.5. The van der Waals surface area contributed by atoms with Gasteiger partial charge in [-0.3, -0.25) is 0 Å². The molecule has 1 fully saturated rings. The molecule has 0 aliphatic carbocycles. The molecular weight excluding hydrogens is 192 g/mol. The summed E-state index contributed by atoms with van der Waals surface area (Å²) < 4.78 is 15.6. The molecule has 1 rings (SSSR count). The zero-order valence-electron chi connectivity index (χ0n) is 7.37. The van der Waals surface area contributed by atoms with Crippen molar-refractivity contribution in [1.29, 1.82) is 0 Å². The fourth-order valence-corrected chi connectivity index (χ4v) is 1.28. The molecule has 1 heterocycles. The maximum Gasteiger partial charge on any atom is 0.173 e. The van der Waals surface area contributed by atoms with Gasteiger partial charge < -0.3 is 14.2 Å². The Morgan fingerprint density at radius 3 is 3.00 bits per heavy atom. The largest absolute Gasteiger partial charge is 0.366 e. The molecule has 2 unspecified atom stereocenters. The van der Waals surface area contributed by atoms with Crippen molar-refractivity contribution in [1.82, 2.24) is 0 Å². The zero-order valence-corrected chi connectivity index (χ0v) is 8.13. The zero-order chi connectivity index (χ0) is 9.52. The first-order valence-corrected chi connectivity index (χ1v) is 4.66. The molecule has 0 spiro atoms. The Balaban J connectivity index is 1.96. The second kappa shape index (κ2) is 6.22. The highest BCUT2D eigenvalue weighted by Crippen LogP contribution is 2.19. The van der Waals surface area contributed by atoms with E-state index in [2.05, 4.69) is 5.92 Å². The first-order valence-electron chi connectivity index (χ1n) is 4.23. The van der Waals surface area contributed by atoms with Gasteiger partial charge >= 0.3 is 0 Å². The highest BCUT2D eigenvalue weighted by molar-refractivity contribution is 6.21. The smallest absolute Gasteiger partial charge is 0.173 e. The molecule has 0 aromatic rings. The fraction of sp³-hybridized carbons (Fsp3) is 0.778. The number of hydrogen-bond acceptors (Lipinski definition) is 3. The number of hydrogen-bond donors (Lipinski definition) is 0. The Labute approximate surface area is 83.3 Å². The van der Waals surface area contributed by atoms with E-state index in [0.29, 0.717) is 26.4 Å². The lowest BCUT2D eigenvalue weighted by molar-refractivity contribution is -0.119. The van der Waals surface area contributed by atoms with Crippen molar-refractivity contribution >= 4 is 11.6 Å². The molecule has 0 amide bonds. The molecule has 0 aromatic carbocycles. The molecule has 4 heteroatoms. The summed E-state index contributed by atoms with van der Waals surface area (Å²) in [4.78, 5) is 0. The van der Waals surface area contributed by atoms with Gasteiger partial charge in [-0.25, -0.2) is 0 Å². The van der Waals surface area contributed by atoms with E-state index in [1.54, 1.807) is 0 Å². The van der Waals surface area contributed by atoms with E-state index in [0.717, 1.165) is 6.42 Å². The summed E-state index contributed by atoms with van der Waals surface area (Å²) in [6.07, 6.45) is 5.56. The maximum atomic E-state index is 5.90. The predicted molar refractivity (Wildman–Crippen MR) is 49.6 cm³/mol. The van der Waals surface area contributed by atoms with E-state index < -0.39 is 0 Å². The molecule has 1 aliphatic heterocycles. The van der Waals surface area contributed by atoms with Crippen molar-refractivity contribution in [3.8, 4) is 12.3 Å². The minimum absolute atomic E-state index is 0.0346. The first-order chi connectivity index (χ1) is 6.34. The first kappa shape index (κ1) is 10.8. The number of ether oxygens (including phenoxy) is 3. The SMILES string of the molecule is C#CCOCCOC1OCCC1Cl. The Bertz CT molecular complexity index is 178. The van der Waals surface area contributed by atoms with Crippen molar-refractivity contribution < 1.29 is 14.2 Å². The van der Waals surface area contributed by atoms with Crippen LogP contribution in [-0.2, 0) is 14.2 Å². The van der Waals surface area contributed by atoms with Crippen LogP contribution in [-0.4, -0.2) is 38.1 Å². The second-order valence-corrected chi connectivity index (χ2v) is 3.23. The Morgan fingerprint density at radius 1 is 1.54 bits per heavy atom. The second-order valence-electron chi connectivity index (χ2n) is 2.67. The third kappa shape index (κ3) is 3.97. The average molecular weight is 205 g/mol. The minimum Gasteiger partial charge on any atom is -0.366 e. The molecule has 0 saturated carbocycles. The van der Waals surface area contributed by atoms with E-state index in [1.807, 2.05) is 0 Å². The summed E-state index contributed by atoms with van der Waals surface area (Å²) in [5, 5.41) is -0.0346. The standard InChI is InChI=1S/C9H13ClO3/c1-2-4-11-6-7-13-9-8(10)3-5-12-9/h1,8-9H,3-7H2. The lowest BCUT2D eigenvalue weighted by atomic mass is 10.3. The lowest BCUT2D eigenvalue weighted by Crippen LogP contribution is -2.22. The van der Waals surface area contributed by atoms with Gasteiger partial charge in [-0.2, -0.15) is 0 Å². The monoisotopic (exact) mass is 204 g/mol. The van der Waals surface area contributed by atoms with E-state index in [9.17, 15) is 0 Å². The summed E-state index contributed by atoms with van der Waals surface area (Å²) in [5.41, 5.74) is 0. The number of rotatable bonds is 5. The molecule has 0 bridgehead atoms. The molecule has 0 N–H and O–H groups in total. The Kier molecular flexibility index (Phi) is 5.18. The summed E-state index contributed by atoms with van der Waals surface area (Å²) >= 11 is 5.90. The Hall–Kier alpha value is -0.270. The van der Waals surface area contributed by atoms with Gasteiger partial charge in [0.05, 0.1) is 25.2 Å². The third-order valence-corrected chi connectivity index (χ3v) is 2.09. The maximum absolute atomic E-state index is 5.90. The summed E-state index contributed by atoms with van der Waals surface area (Å²) in [5.74, 6) is 2.37. The predicted octanol–water partition coefficient (Wildman–Crippen LogP) is 1.01. The summed E-state index contributed by atoms with van der Waals surface area (Å²) in [7, 11) is 0. The van der Waals surface area contributed by atoms with Crippen LogP contribution in [0.3, 0.4) is 0 Å². The van der Waals surface area contributed by atoms with Gasteiger partial charge in [-0.15, -0.1) is 18.0 Å². The van der Waals surface area contributed by atoms with Gasteiger partial charge in [-0.05, 0) is 6.42 Å². The molecular formula is C9H13ClO3. The van der Waals surface area contributed by atoms with Gasteiger partial charge in [-0.1, -0.05) is 5.92 Å². The normalized spacial score (nSPS) is 27.4. The van der Waals surface area contributed by atoms with Crippen LogP contribution in [0.2, 0.25) is 0 Å². The van der Waals surface area contributed by atoms with E-state index in [1.165, 1.54) is 0 Å². The van der Waals surface area contributed by atoms with Crippen LogP contribution in [0.1, 0.15) is 6.42 Å². The van der Waals surface area contributed by atoms with Crippen molar-refractivity contribution in [2.24, 2.45) is 0 Å². The molecule has 1 saturated heterocycles. The molecule has 1 aliphatic rings.